The first-order valence-corrected chi connectivity index (χ1v) is 6.65. The molecule has 3 nitrogen and oxygen atoms in total. The van der Waals surface area contributed by atoms with Crippen LogP contribution in [0.1, 0.15) is 11.4 Å². The highest BCUT2D eigenvalue weighted by atomic mass is 35.5. The Bertz CT molecular complexity index is 496. The van der Waals surface area contributed by atoms with Crippen molar-refractivity contribution in [3.05, 3.63) is 40.8 Å². The van der Waals surface area contributed by atoms with Gasteiger partial charge in [-0.3, -0.25) is 0 Å². The van der Waals surface area contributed by atoms with Gasteiger partial charge in [-0.2, -0.15) is 16.9 Å². The molecule has 0 radical (unpaired) electrons. The predicted octanol–water partition coefficient (Wildman–Crippen LogP) is 3.09. The first-order chi connectivity index (χ1) is 7.72. The number of nitrogens with zero attached hydrogens (tertiary/aromatic N) is 3. The largest absolute Gasteiger partial charge is 0.236 e. The number of aryl methyl sites for hydroxylation is 1. The Balaban J connectivity index is 2.44. The highest BCUT2D eigenvalue weighted by Gasteiger charge is 2.09. The van der Waals surface area contributed by atoms with Crippen molar-refractivity contribution >= 4 is 23.4 Å². The number of hydrogen-bond donors (Lipinski definition) is 0. The number of thioether (sulfide) groups is 1. The molecule has 16 heavy (non-hydrogen) atoms. The summed E-state index contributed by atoms with van der Waals surface area (Å²) in [7, 11) is 0. The number of rotatable bonds is 3. The van der Waals surface area contributed by atoms with E-state index in [1.54, 1.807) is 22.6 Å². The molecule has 0 saturated carbocycles. The average molecular weight is 254 g/mol. The molecule has 0 saturated heterocycles. The molecular formula is C11H12ClN3S. The zero-order valence-corrected chi connectivity index (χ0v) is 10.7. The molecule has 2 rings (SSSR count). The normalized spacial score (nSPS) is 10.7. The first-order valence-electron chi connectivity index (χ1n) is 4.87. The molecule has 5 heteroatoms. The summed E-state index contributed by atoms with van der Waals surface area (Å²) in [5.74, 6) is 1.59. The summed E-state index contributed by atoms with van der Waals surface area (Å²) >= 11 is 7.84. The summed E-state index contributed by atoms with van der Waals surface area (Å²) in [5.41, 5.74) is 2.09. The van der Waals surface area contributed by atoms with Crippen molar-refractivity contribution in [1.82, 2.24) is 14.8 Å². The van der Waals surface area contributed by atoms with Gasteiger partial charge in [0.05, 0.1) is 10.7 Å². The second-order valence-electron chi connectivity index (χ2n) is 3.43. The minimum atomic E-state index is 0.615. The molecule has 0 aromatic carbocycles. The van der Waals surface area contributed by atoms with Crippen LogP contribution in [0.25, 0.3) is 5.82 Å². The minimum absolute atomic E-state index is 0.615. The molecule has 0 fully saturated rings. The second-order valence-corrected chi connectivity index (χ2v) is 4.70. The number of pyridine rings is 1. The van der Waals surface area contributed by atoms with Gasteiger partial charge in [-0.15, -0.1) is 0 Å². The third kappa shape index (κ3) is 2.23. The van der Waals surface area contributed by atoms with Gasteiger partial charge in [-0.05, 0) is 31.4 Å². The van der Waals surface area contributed by atoms with Crippen LogP contribution in [-0.4, -0.2) is 21.0 Å². The van der Waals surface area contributed by atoms with Crippen LogP contribution in [0.3, 0.4) is 0 Å². The Hall–Kier alpha value is -1.00. The molecule has 0 bridgehead atoms. The molecule has 0 N–H and O–H groups in total. The zero-order valence-electron chi connectivity index (χ0n) is 9.14. The van der Waals surface area contributed by atoms with Gasteiger partial charge in [-0.1, -0.05) is 11.6 Å². The summed E-state index contributed by atoms with van der Waals surface area (Å²) in [4.78, 5) is 4.24. The topological polar surface area (TPSA) is 30.7 Å². The lowest BCUT2D eigenvalue weighted by Crippen LogP contribution is -2.02. The van der Waals surface area contributed by atoms with E-state index in [0.717, 1.165) is 17.1 Å². The molecular weight excluding hydrogens is 242 g/mol. The fourth-order valence-corrected chi connectivity index (χ4v) is 2.14. The van der Waals surface area contributed by atoms with Gasteiger partial charge >= 0.3 is 0 Å². The molecule has 2 heterocycles. The van der Waals surface area contributed by atoms with Gasteiger partial charge in [0.2, 0.25) is 0 Å². The van der Waals surface area contributed by atoms with E-state index >= 15 is 0 Å². The molecule has 0 spiro atoms. The number of aromatic nitrogens is 3. The fraction of sp³-hybridized carbons (Fsp3) is 0.273. The quantitative estimate of drug-likeness (QED) is 0.842. The van der Waals surface area contributed by atoms with Crippen LogP contribution in [0.4, 0.5) is 0 Å². The monoisotopic (exact) mass is 253 g/mol. The lowest BCUT2D eigenvalue weighted by molar-refractivity contribution is 0.804. The van der Waals surface area contributed by atoms with Gasteiger partial charge in [0, 0.05) is 17.6 Å². The highest BCUT2D eigenvalue weighted by Crippen LogP contribution is 2.19. The maximum atomic E-state index is 6.09. The third-order valence-corrected chi connectivity index (χ3v) is 3.05. The van der Waals surface area contributed by atoms with Gasteiger partial charge in [-0.25, -0.2) is 9.67 Å². The van der Waals surface area contributed by atoms with Crippen molar-refractivity contribution in [3.63, 3.8) is 0 Å². The smallest absolute Gasteiger partial charge is 0.172 e. The Morgan fingerprint density at radius 1 is 1.50 bits per heavy atom. The zero-order chi connectivity index (χ0) is 11.5. The fourth-order valence-electron chi connectivity index (χ4n) is 1.50. The summed E-state index contributed by atoms with van der Waals surface area (Å²) in [6.07, 6.45) is 3.78. The van der Waals surface area contributed by atoms with E-state index in [2.05, 4.69) is 22.4 Å². The lowest BCUT2D eigenvalue weighted by atomic mass is 10.4. The van der Waals surface area contributed by atoms with E-state index in [9.17, 15) is 0 Å². The number of hydrogen-bond acceptors (Lipinski definition) is 3. The van der Waals surface area contributed by atoms with Crippen molar-refractivity contribution in [2.75, 3.05) is 6.26 Å². The molecule has 84 valence electrons. The van der Waals surface area contributed by atoms with Crippen molar-refractivity contribution in [2.24, 2.45) is 0 Å². The average Bonchev–Trinajstić information content (AvgIpc) is 2.61. The Kier molecular flexibility index (Phi) is 3.51. The van der Waals surface area contributed by atoms with Crippen LogP contribution in [0.15, 0.2) is 24.4 Å². The molecule has 0 aliphatic rings. The van der Waals surface area contributed by atoms with Gasteiger partial charge in [0.1, 0.15) is 0 Å². The van der Waals surface area contributed by atoms with Crippen LogP contribution in [0.2, 0.25) is 5.02 Å². The van der Waals surface area contributed by atoms with Crippen LogP contribution in [0, 0.1) is 6.92 Å². The van der Waals surface area contributed by atoms with Gasteiger partial charge in [0.15, 0.2) is 5.82 Å². The summed E-state index contributed by atoms with van der Waals surface area (Å²) in [6, 6.07) is 5.69. The standard InChI is InChI=1S/C11H12ClN3S/c1-8-6-9(7-16-2)14-15(8)11-10(12)4-3-5-13-11/h3-6H,7H2,1-2H3. The molecule has 2 aromatic heterocycles. The summed E-state index contributed by atoms with van der Waals surface area (Å²) in [6.45, 7) is 2.00. The van der Waals surface area contributed by atoms with Crippen molar-refractivity contribution in [1.29, 1.82) is 0 Å². The molecule has 0 aliphatic carbocycles. The van der Waals surface area contributed by atoms with Crippen molar-refractivity contribution in [2.45, 2.75) is 12.7 Å². The van der Waals surface area contributed by atoms with Gasteiger partial charge in [0.25, 0.3) is 0 Å². The molecule has 2 aromatic rings. The van der Waals surface area contributed by atoms with Crippen LogP contribution in [0.5, 0.6) is 0 Å². The molecule has 0 atom stereocenters. The van der Waals surface area contributed by atoms with Crippen LogP contribution in [-0.2, 0) is 5.75 Å². The van der Waals surface area contributed by atoms with E-state index < -0.39 is 0 Å². The summed E-state index contributed by atoms with van der Waals surface area (Å²) < 4.78 is 1.79. The van der Waals surface area contributed by atoms with E-state index in [4.69, 9.17) is 11.6 Å². The van der Waals surface area contributed by atoms with E-state index in [0.29, 0.717) is 10.8 Å². The van der Waals surface area contributed by atoms with E-state index in [-0.39, 0.29) is 0 Å². The van der Waals surface area contributed by atoms with E-state index in [1.807, 2.05) is 19.1 Å². The van der Waals surface area contributed by atoms with E-state index in [1.165, 1.54) is 0 Å². The van der Waals surface area contributed by atoms with Gasteiger partial charge < -0.3 is 0 Å². The van der Waals surface area contributed by atoms with Crippen LogP contribution < -0.4 is 0 Å². The maximum absolute atomic E-state index is 6.09. The SMILES string of the molecule is CSCc1cc(C)n(-c2ncccc2Cl)n1. The van der Waals surface area contributed by atoms with Crippen molar-refractivity contribution < 1.29 is 0 Å². The Morgan fingerprint density at radius 2 is 2.31 bits per heavy atom. The maximum Gasteiger partial charge on any atom is 0.172 e. The Labute approximate surface area is 104 Å². The summed E-state index contributed by atoms with van der Waals surface area (Å²) in [5, 5.41) is 5.09. The van der Waals surface area contributed by atoms with Crippen LogP contribution >= 0.6 is 23.4 Å². The highest BCUT2D eigenvalue weighted by molar-refractivity contribution is 7.97. The Morgan fingerprint density at radius 3 is 3.00 bits per heavy atom. The minimum Gasteiger partial charge on any atom is -0.236 e. The molecule has 0 amide bonds. The lowest BCUT2D eigenvalue weighted by Gasteiger charge is -2.04. The van der Waals surface area contributed by atoms with Crippen molar-refractivity contribution in [3.8, 4) is 5.82 Å². The third-order valence-electron chi connectivity index (χ3n) is 2.17. The second kappa shape index (κ2) is 4.89. The predicted molar refractivity (Wildman–Crippen MR) is 68.3 cm³/mol. The number of halogens is 1. The first kappa shape index (κ1) is 11.5. The molecule has 0 aliphatic heterocycles. The molecule has 0 unspecified atom stereocenters.